The van der Waals surface area contributed by atoms with Crippen LogP contribution < -0.4 is 15.4 Å². The predicted octanol–water partition coefficient (Wildman–Crippen LogP) is 1.15. The molecule has 104 valence electrons. The average Bonchev–Trinajstić information content (AvgIpc) is 2.36. The minimum atomic E-state index is -3.02. The zero-order valence-corrected chi connectivity index (χ0v) is 10.3. The van der Waals surface area contributed by atoms with Gasteiger partial charge in [-0.2, -0.15) is 8.78 Å². The molecule has 1 rings (SSSR count). The summed E-state index contributed by atoms with van der Waals surface area (Å²) < 4.78 is 28.5. The van der Waals surface area contributed by atoms with Gasteiger partial charge in [0.25, 0.3) is 5.91 Å². The first-order valence-corrected chi connectivity index (χ1v) is 5.63. The molecule has 0 aliphatic heterocycles. The van der Waals surface area contributed by atoms with Crippen LogP contribution in [0.15, 0.2) is 24.3 Å². The molecule has 0 aliphatic rings. The number of nitrogens with one attached hydrogen (secondary N) is 2. The van der Waals surface area contributed by atoms with Crippen LogP contribution in [0.25, 0.3) is 0 Å². The predicted molar refractivity (Wildman–Crippen MR) is 64.1 cm³/mol. The second-order valence-corrected chi connectivity index (χ2v) is 3.51. The SMILES string of the molecule is CCNC(=O)CNC(=O)c1ccccc1OC(F)F. The van der Waals surface area contributed by atoms with Gasteiger partial charge >= 0.3 is 6.61 Å². The highest BCUT2D eigenvalue weighted by atomic mass is 19.3. The van der Waals surface area contributed by atoms with E-state index in [0.29, 0.717) is 6.54 Å². The number of benzene rings is 1. The van der Waals surface area contributed by atoms with Crippen molar-refractivity contribution in [3.8, 4) is 5.75 Å². The molecule has 0 saturated heterocycles. The fourth-order valence-electron chi connectivity index (χ4n) is 1.37. The number of alkyl halides is 2. The van der Waals surface area contributed by atoms with Gasteiger partial charge in [0.05, 0.1) is 12.1 Å². The minimum absolute atomic E-state index is 0.0490. The maximum atomic E-state index is 12.2. The maximum Gasteiger partial charge on any atom is 0.387 e. The van der Waals surface area contributed by atoms with Crippen LogP contribution in [0.1, 0.15) is 17.3 Å². The van der Waals surface area contributed by atoms with E-state index < -0.39 is 12.5 Å². The highest BCUT2D eigenvalue weighted by Gasteiger charge is 2.15. The highest BCUT2D eigenvalue weighted by Crippen LogP contribution is 2.19. The molecule has 7 heteroatoms. The highest BCUT2D eigenvalue weighted by molar-refractivity contribution is 5.98. The lowest BCUT2D eigenvalue weighted by atomic mass is 10.2. The van der Waals surface area contributed by atoms with E-state index in [1.54, 1.807) is 6.92 Å². The summed E-state index contributed by atoms with van der Waals surface area (Å²) in [5, 5.41) is 4.82. The van der Waals surface area contributed by atoms with Crippen molar-refractivity contribution in [2.24, 2.45) is 0 Å². The number of rotatable bonds is 6. The van der Waals surface area contributed by atoms with Gasteiger partial charge in [0.1, 0.15) is 5.75 Å². The Hall–Kier alpha value is -2.18. The van der Waals surface area contributed by atoms with Crippen molar-refractivity contribution in [1.82, 2.24) is 10.6 Å². The van der Waals surface area contributed by atoms with Crippen LogP contribution in [-0.4, -0.2) is 31.5 Å². The Morgan fingerprint density at radius 1 is 1.26 bits per heavy atom. The third-order valence-electron chi connectivity index (χ3n) is 2.13. The quantitative estimate of drug-likeness (QED) is 0.816. The summed E-state index contributed by atoms with van der Waals surface area (Å²) in [6.07, 6.45) is 0. The Kier molecular flexibility index (Phi) is 5.72. The van der Waals surface area contributed by atoms with Gasteiger partial charge in [0.15, 0.2) is 0 Å². The van der Waals surface area contributed by atoms with E-state index in [4.69, 9.17) is 0 Å². The fourth-order valence-corrected chi connectivity index (χ4v) is 1.37. The lowest BCUT2D eigenvalue weighted by molar-refractivity contribution is -0.120. The number of amides is 2. The van der Waals surface area contributed by atoms with Gasteiger partial charge in [0, 0.05) is 6.54 Å². The van der Waals surface area contributed by atoms with E-state index >= 15 is 0 Å². The molecule has 0 heterocycles. The summed E-state index contributed by atoms with van der Waals surface area (Å²) in [7, 11) is 0. The molecule has 0 fully saturated rings. The van der Waals surface area contributed by atoms with Crippen LogP contribution >= 0.6 is 0 Å². The number of para-hydroxylation sites is 1. The van der Waals surface area contributed by atoms with Crippen molar-refractivity contribution in [2.45, 2.75) is 13.5 Å². The summed E-state index contributed by atoms with van der Waals surface area (Å²) in [4.78, 5) is 22.9. The van der Waals surface area contributed by atoms with Crippen molar-refractivity contribution in [2.75, 3.05) is 13.1 Å². The van der Waals surface area contributed by atoms with E-state index in [-0.39, 0.29) is 23.8 Å². The van der Waals surface area contributed by atoms with Gasteiger partial charge in [-0.15, -0.1) is 0 Å². The van der Waals surface area contributed by atoms with Crippen LogP contribution in [0.2, 0.25) is 0 Å². The first kappa shape index (κ1) is 14.9. The van der Waals surface area contributed by atoms with Crippen molar-refractivity contribution in [1.29, 1.82) is 0 Å². The van der Waals surface area contributed by atoms with E-state index in [1.165, 1.54) is 24.3 Å². The molecular weight excluding hydrogens is 258 g/mol. The molecule has 0 bridgehead atoms. The summed E-state index contributed by atoms with van der Waals surface area (Å²) >= 11 is 0. The molecule has 0 atom stereocenters. The van der Waals surface area contributed by atoms with Crippen LogP contribution in [0.3, 0.4) is 0 Å². The number of carbonyl (C=O) groups is 2. The standard InChI is InChI=1S/C12H14F2N2O3/c1-2-15-10(17)7-16-11(18)8-5-3-4-6-9(8)19-12(13)14/h3-6,12H,2,7H2,1H3,(H,15,17)(H,16,18). The molecule has 19 heavy (non-hydrogen) atoms. The first-order chi connectivity index (χ1) is 9.04. The van der Waals surface area contributed by atoms with Crippen molar-refractivity contribution in [3.05, 3.63) is 29.8 Å². The number of hydrogen-bond acceptors (Lipinski definition) is 3. The molecular formula is C12H14F2N2O3. The monoisotopic (exact) mass is 272 g/mol. The number of halogens is 2. The van der Waals surface area contributed by atoms with E-state index in [2.05, 4.69) is 15.4 Å². The normalized spacial score (nSPS) is 10.1. The zero-order valence-electron chi connectivity index (χ0n) is 10.3. The van der Waals surface area contributed by atoms with Gasteiger partial charge in [-0.25, -0.2) is 0 Å². The van der Waals surface area contributed by atoms with Crippen LogP contribution in [0.5, 0.6) is 5.75 Å². The van der Waals surface area contributed by atoms with Gasteiger partial charge < -0.3 is 15.4 Å². The molecule has 0 radical (unpaired) electrons. The van der Waals surface area contributed by atoms with Crippen molar-refractivity contribution in [3.63, 3.8) is 0 Å². The summed E-state index contributed by atoms with van der Waals surface area (Å²) in [6.45, 7) is -1.06. The molecule has 0 aliphatic carbocycles. The molecule has 0 saturated carbocycles. The summed E-state index contributed by atoms with van der Waals surface area (Å²) in [5.41, 5.74) is -0.0490. The second kappa shape index (κ2) is 7.30. The zero-order chi connectivity index (χ0) is 14.3. The van der Waals surface area contributed by atoms with Crippen molar-refractivity contribution < 1.29 is 23.1 Å². The molecule has 2 amide bonds. The summed E-state index contributed by atoms with van der Waals surface area (Å²) in [6, 6.07) is 5.58. The van der Waals surface area contributed by atoms with Crippen molar-refractivity contribution >= 4 is 11.8 Å². The number of likely N-dealkylation sites (N-methyl/N-ethyl adjacent to an activating group) is 1. The van der Waals surface area contributed by atoms with Crippen LogP contribution in [-0.2, 0) is 4.79 Å². The molecule has 0 unspecified atom stereocenters. The second-order valence-electron chi connectivity index (χ2n) is 3.51. The topological polar surface area (TPSA) is 67.4 Å². The van der Waals surface area contributed by atoms with Crippen LogP contribution in [0, 0.1) is 0 Å². The Bertz CT molecular complexity index is 452. The Morgan fingerprint density at radius 2 is 1.95 bits per heavy atom. The molecule has 1 aromatic carbocycles. The Morgan fingerprint density at radius 3 is 2.58 bits per heavy atom. The fraction of sp³-hybridized carbons (Fsp3) is 0.333. The molecule has 0 spiro atoms. The third-order valence-corrected chi connectivity index (χ3v) is 2.13. The first-order valence-electron chi connectivity index (χ1n) is 5.63. The van der Waals surface area contributed by atoms with Gasteiger partial charge in [-0.05, 0) is 19.1 Å². The molecule has 0 aromatic heterocycles. The Balaban J connectivity index is 2.68. The Labute approximate surface area is 108 Å². The minimum Gasteiger partial charge on any atom is -0.434 e. The number of carbonyl (C=O) groups excluding carboxylic acids is 2. The third kappa shape index (κ3) is 4.90. The molecule has 5 nitrogen and oxygen atoms in total. The molecule has 1 aromatic rings. The largest absolute Gasteiger partial charge is 0.434 e. The van der Waals surface area contributed by atoms with Crippen LogP contribution in [0.4, 0.5) is 8.78 Å². The lowest BCUT2D eigenvalue weighted by Crippen LogP contribution is -2.36. The average molecular weight is 272 g/mol. The number of hydrogen-bond donors (Lipinski definition) is 2. The van der Waals surface area contributed by atoms with Gasteiger partial charge in [-0.3, -0.25) is 9.59 Å². The van der Waals surface area contributed by atoms with E-state index in [1.807, 2.05) is 0 Å². The van der Waals surface area contributed by atoms with E-state index in [9.17, 15) is 18.4 Å². The molecule has 2 N–H and O–H groups in total. The smallest absolute Gasteiger partial charge is 0.387 e. The number of ether oxygens (including phenoxy) is 1. The summed E-state index contributed by atoms with van der Waals surface area (Å²) in [5.74, 6) is -1.24. The lowest BCUT2D eigenvalue weighted by Gasteiger charge is -2.10. The van der Waals surface area contributed by atoms with Gasteiger partial charge in [-0.1, -0.05) is 12.1 Å². The van der Waals surface area contributed by atoms with Gasteiger partial charge in [0.2, 0.25) is 5.91 Å². The van der Waals surface area contributed by atoms with E-state index in [0.717, 1.165) is 0 Å². The maximum absolute atomic E-state index is 12.2.